The number of fused-ring (bicyclic) bond motifs is 1. The van der Waals surface area contributed by atoms with Crippen molar-refractivity contribution in [2.45, 2.75) is 19.8 Å². The number of para-hydroxylation sites is 1. The van der Waals surface area contributed by atoms with Crippen LogP contribution in [-0.4, -0.2) is 19.5 Å². The van der Waals surface area contributed by atoms with Crippen molar-refractivity contribution in [2.24, 2.45) is 0 Å². The summed E-state index contributed by atoms with van der Waals surface area (Å²) in [7, 11) is 1.84. The van der Waals surface area contributed by atoms with Crippen molar-refractivity contribution >= 4 is 17.3 Å². The van der Waals surface area contributed by atoms with Crippen molar-refractivity contribution in [1.29, 1.82) is 0 Å². The van der Waals surface area contributed by atoms with Crippen LogP contribution < -0.4 is 10.2 Å². The van der Waals surface area contributed by atoms with Gasteiger partial charge in [-0.1, -0.05) is 26.0 Å². The zero-order valence-electron chi connectivity index (χ0n) is 9.37. The first-order valence-corrected chi connectivity index (χ1v) is 5.24. The molecule has 0 unspecified atom stereocenters. The fourth-order valence-corrected chi connectivity index (χ4v) is 1.96. The number of nitrogens with zero attached hydrogens (tertiary/aromatic N) is 1. The van der Waals surface area contributed by atoms with E-state index in [1.165, 1.54) is 5.56 Å². The number of anilines is 2. The first kappa shape index (κ1) is 10.0. The molecule has 1 aromatic carbocycles. The van der Waals surface area contributed by atoms with Crippen LogP contribution in [0.1, 0.15) is 25.3 Å². The predicted molar refractivity (Wildman–Crippen MR) is 62.4 cm³/mol. The van der Waals surface area contributed by atoms with Gasteiger partial charge in [0, 0.05) is 7.05 Å². The zero-order chi connectivity index (χ0) is 11.0. The highest BCUT2D eigenvalue weighted by molar-refractivity contribution is 6.03. The van der Waals surface area contributed by atoms with E-state index in [1.54, 1.807) is 4.90 Å². The fourth-order valence-electron chi connectivity index (χ4n) is 1.96. The largest absolute Gasteiger partial charge is 0.374 e. The highest BCUT2D eigenvalue weighted by atomic mass is 16.2. The van der Waals surface area contributed by atoms with Gasteiger partial charge < -0.3 is 10.2 Å². The average molecular weight is 204 g/mol. The van der Waals surface area contributed by atoms with Crippen LogP contribution in [0.15, 0.2) is 18.2 Å². The average Bonchev–Trinajstić information content (AvgIpc) is 2.23. The van der Waals surface area contributed by atoms with E-state index in [2.05, 4.69) is 25.2 Å². The third kappa shape index (κ3) is 1.58. The third-order valence-corrected chi connectivity index (χ3v) is 2.83. The molecule has 0 fully saturated rings. The van der Waals surface area contributed by atoms with Crippen molar-refractivity contribution < 1.29 is 4.79 Å². The monoisotopic (exact) mass is 204 g/mol. The van der Waals surface area contributed by atoms with E-state index in [0.29, 0.717) is 12.5 Å². The Labute approximate surface area is 90.1 Å². The fraction of sp³-hybridized carbons (Fsp3) is 0.417. The van der Waals surface area contributed by atoms with Crippen molar-refractivity contribution in [3.05, 3.63) is 23.8 Å². The Morgan fingerprint density at radius 3 is 2.80 bits per heavy atom. The summed E-state index contributed by atoms with van der Waals surface area (Å²) in [4.78, 5) is 13.3. The summed E-state index contributed by atoms with van der Waals surface area (Å²) in [6.07, 6.45) is 0. The van der Waals surface area contributed by atoms with Gasteiger partial charge >= 0.3 is 0 Å². The molecule has 1 amide bonds. The first-order valence-electron chi connectivity index (χ1n) is 5.24. The maximum absolute atomic E-state index is 11.6. The minimum atomic E-state index is 0.121. The highest BCUT2D eigenvalue weighted by Crippen LogP contribution is 2.35. The molecule has 0 radical (unpaired) electrons. The smallest absolute Gasteiger partial charge is 0.246 e. The van der Waals surface area contributed by atoms with Gasteiger partial charge in [-0.2, -0.15) is 0 Å². The van der Waals surface area contributed by atoms with Crippen molar-refractivity contribution in [2.75, 3.05) is 23.8 Å². The van der Waals surface area contributed by atoms with Crippen LogP contribution in [0.4, 0.5) is 11.4 Å². The van der Waals surface area contributed by atoms with Gasteiger partial charge in [-0.25, -0.2) is 0 Å². The normalized spacial score (nSPS) is 15.2. The standard InChI is InChI=1S/C12H16N2O/c1-8(2)9-5-4-6-10-12(9)14(3)11(15)7-13-10/h4-6,8,13H,7H2,1-3H3. The number of nitrogens with one attached hydrogen (secondary N) is 1. The molecule has 2 rings (SSSR count). The predicted octanol–water partition coefficient (Wildman–Crippen LogP) is 2.20. The second-order valence-electron chi connectivity index (χ2n) is 4.20. The maximum atomic E-state index is 11.6. The zero-order valence-corrected chi connectivity index (χ0v) is 9.37. The summed E-state index contributed by atoms with van der Waals surface area (Å²) >= 11 is 0. The topological polar surface area (TPSA) is 32.3 Å². The summed E-state index contributed by atoms with van der Waals surface area (Å²) in [5, 5.41) is 3.15. The number of carbonyl (C=O) groups excluding carboxylic acids is 1. The van der Waals surface area contributed by atoms with E-state index in [9.17, 15) is 4.79 Å². The van der Waals surface area contributed by atoms with Gasteiger partial charge in [0.15, 0.2) is 0 Å². The molecule has 80 valence electrons. The lowest BCUT2D eigenvalue weighted by molar-refractivity contribution is -0.116. The summed E-state index contributed by atoms with van der Waals surface area (Å²) in [5.74, 6) is 0.547. The third-order valence-electron chi connectivity index (χ3n) is 2.83. The number of amides is 1. The number of hydrogen-bond donors (Lipinski definition) is 1. The van der Waals surface area contributed by atoms with Crippen LogP contribution in [0, 0.1) is 0 Å². The number of benzene rings is 1. The molecule has 3 nitrogen and oxygen atoms in total. The molecule has 0 aromatic heterocycles. The lowest BCUT2D eigenvalue weighted by Crippen LogP contribution is -2.37. The Hall–Kier alpha value is -1.51. The number of hydrogen-bond acceptors (Lipinski definition) is 2. The lowest BCUT2D eigenvalue weighted by atomic mass is 9.98. The Balaban J connectivity index is 2.57. The molecule has 0 saturated heterocycles. The van der Waals surface area contributed by atoms with Gasteiger partial charge in [0.25, 0.3) is 0 Å². The second-order valence-corrected chi connectivity index (χ2v) is 4.20. The molecule has 0 bridgehead atoms. The minimum absolute atomic E-state index is 0.121. The number of carbonyl (C=O) groups is 1. The van der Waals surface area contributed by atoms with Gasteiger partial charge in [0.2, 0.25) is 5.91 Å². The molecule has 3 heteroatoms. The molecule has 1 heterocycles. The highest BCUT2D eigenvalue weighted by Gasteiger charge is 2.23. The maximum Gasteiger partial charge on any atom is 0.246 e. The van der Waals surface area contributed by atoms with E-state index in [1.807, 2.05) is 19.2 Å². The van der Waals surface area contributed by atoms with Crippen LogP contribution in [0.5, 0.6) is 0 Å². The molecule has 0 spiro atoms. The molecule has 0 saturated carbocycles. The van der Waals surface area contributed by atoms with Gasteiger partial charge in [-0.3, -0.25) is 4.79 Å². The molecule has 0 atom stereocenters. The van der Waals surface area contributed by atoms with Crippen LogP contribution in [-0.2, 0) is 4.79 Å². The Morgan fingerprint density at radius 1 is 1.40 bits per heavy atom. The van der Waals surface area contributed by atoms with Crippen LogP contribution in [0.25, 0.3) is 0 Å². The first-order chi connectivity index (χ1) is 7.11. The summed E-state index contributed by atoms with van der Waals surface area (Å²) in [6.45, 7) is 4.68. The van der Waals surface area contributed by atoms with Crippen molar-refractivity contribution in [3.8, 4) is 0 Å². The summed E-state index contributed by atoms with van der Waals surface area (Å²) in [5.41, 5.74) is 3.31. The molecule has 1 aromatic rings. The van der Waals surface area contributed by atoms with E-state index >= 15 is 0 Å². The Bertz CT molecular complexity index is 399. The van der Waals surface area contributed by atoms with Gasteiger partial charge in [-0.05, 0) is 17.5 Å². The lowest BCUT2D eigenvalue weighted by Gasteiger charge is -2.30. The second kappa shape index (κ2) is 3.57. The van der Waals surface area contributed by atoms with E-state index in [0.717, 1.165) is 11.4 Å². The van der Waals surface area contributed by atoms with Crippen molar-refractivity contribution in [1.82, 2.24) is 0 Å². The quantitative estimate of drug-likeness (QED) is 0.760. The van der Waals surface area contributed by atoms with Gasteiger partial charge in [0.05, 0.1) is 17.9 Å². The van der Waals surface area contributed by atoms with Crippen molar-refractivity contribution in [3.63, 3.8) is 0 Å². The van der Waals surface area contributed by atoms with Crippen LogP contribution in [0.3, 0.4) is 0 Å². The summed E-state index contributed by atoms with van der Waals surface area (Å²) < 4.78 is 0. The molecule has 0 aliphatic carbocycles. The van der Waals surface area contributed by atoms with Crippen LogP contribution in [0.2, 0.25) is 0 Å². The molecule has 1 aliphatic heterocycles. The van der Waals surface area contributed by atoms with Gasteiger partial charge in [0.1, 0.15) is 0 Å². The molecule has 1 aliphatic rings. The Kier molecular flexibility index (Phi) is 2.39. The van der Waals surface area contributed by atoms with Gasteiger partial charge in [-0.15, -0.1) is 0 Å². The van der Waals surface area contributed by atoms with E-state index in [4.69, 9.17) is 0 Å². The van der Waals surface area contributed by atoms with E-state index < -0.39 is 0 Å². The Morgan fingerprint density at radius 2 is 2.13 bits per heavy atom. The molecular weight excluding hydrogens is 188 g/mol. The summed E-state index contributed by atoms with van der Waals surface area (Å²) in [6, 6.07) is 6.13. The number of likely N-dealkylation sites (N-methyl/N-ethyl adjacent to an activating group) is 1. The van der Waals surface area contributed by atoms with E-state index in [-0.39, 0.29) is 5.91 Å². The molecular formula is C12H16N2O. The SMILES string of the molecule is CC(C)c1cccc2c1N(C)C(=O)CN2. The minimum Gasteiger partial charge on any atom is -0.374 e. The van der Waals surface area contributed by atoms with Crippen LogP contribution >= 0.6 is 0 Å². The molecule has 15 heavy (non-hydrogen) atoms. The molecule has 1 N–H and O–H groups in total. The number of rotatable bonds is 1.